The van der Waals surface area contributed by atoms with Crippen molar-refractivity contribution in [2.75, 3.05) is 39.6 Å². The molecule has 0 unspecified atom stereocenters. The molecular formula is C47H78O11. The molecule has 0 bridgehead atoms. The van der Waals surface area contributed by atoms with Gasteiger partial charge in [-0.2, -0.15) is 0 Å². The zero-order valence-corrected chi connectivity index (χ0v) is 36.7. The number of unbranched alkanes of at least 4 members (excludes halogenated alkanes) is 16. The summed E-state index contributed by atoms with van der Waals surface area (Å²) in [6.45, 7) is 8.77. The van der Waals surface area contributed by atoms with Gasteiger partial charge in [-0.05, 0) is 37.8 Å². The summed E-state index contributed by atoms with van der Waals surface area (Å²) < 4.78 is 34.5. The minimum absolute atomic E-state index is 0.0188. The fraction of sp³-hybridized carbons (Fsp3) is 0.766. The Morgan fingerprint density at radius 1 is 0.414 bits per heavy atom. The summed E-state index contributed by atoms with van der Waals surface area (Å²) in [5.41, 5.74) is 0.314. The van der Waals surface area contributed by atoms with Gasteiger partial charge >= 0.3 is 23.9 Å². The predicted molar refractivity (Wildman–Crippen MR) is 227 cm³/mol. The lowest BCUT2D eigenvalue weighted by Gasteiger charge is -2.20. The normalized spacial score (nSPS) is 11.1. The number of carbonyl (C=O) groups excluding carboxylic acids is 5. The Morgan fingerprint density at radius 3 is 0.948 bits per heavy atom. The van der Waals surface area contributed by atoms with Crippen LogP contribution in [0.25, 0.3) is 0 Å². The topological polar surface area (TPSA) is 141 Å². The Balaban J connectivity index is 2.93. The molecule has 58 heavy (non-hydrogen) atoms. The highest BCUT2D eigenvalue weighted by molar-refractivity contribution is 5.76. The summed E-state index contributed by atoms with van der Waals surface area (Å²) in [4.78, 5) is 62.0. The van der Waals surface area contributed by atoms with Gasteiger partial charge in [0.25, 0.3) is 0 Å². The molecule has 0 fully saturated rings. The molecule has 11 nitrogen and oxygen atoms in total. The number of carbonyl (C=O) groups is 5. The molecule has 0 amide bonds. The van der Waals surface area contributed by atoms with Gasteiger partial charge in [-0.25, -0.2) is 0 Å². The van der Waals surface area contributed by atoms with E-state index in [0.717, 1.165) is 128 Å². The Hall–Kier alpha value is -3.63. The second-order valence-electron chi connectivity index (χ2n) is 15.6. The van der Waals surface area contributed by atoms with Crippen LogP contribution in [0.15, 0.2) is 18.2 Å². The first-order chi connectivity index (χ1) is 28.2. The first kappa shape index (κ1) is 52.4. The van der Waals surface area contributed by atoms with Gasteiger partial charge in [-0.1, -0.05) is 130 Å². The van der Waals surface area contributed by atoms with Crippen molar-refractivity contribution < 1.29 is 52.4 Å². The highest BCUT2D eigenvalue weighted by atomic mass is 16.6. The molecule has 1 aromatic rings. The van der Waals surface area contributed by atoms with Crippen molar-refractivity contribution in [3.63, 3.8) is 0 Å². The first-order valence-corrected chi connectivity index (χ1v) is 22.7. The van der Waals surface area contributed by atoms with Gasteiger partial charge < -0.3 is 28.4 Å². The highest BCUT2D eigenvalue weighted by Crippen LogP contribution is 2.24. The maximum atomic E-state index is 12.5. The predicted octanol–water partition coefficient (Wildman–Crippen LogP) is 11.1. The molecule has 0 aliphatic heterocycles. The van der Waals surface area contributed by atoms with Gasteiger partial charge in [-0.3, -0.25) is 24.0 Å². The Kier molecular flexibility index (Phi) is 32.9. The fourth-order valence-electron chi connectivity index (χ4n) is 6.17. The maximum absolute atomic E-state index is 12.5. The van der Waals surface area contributed by atoms with E-state index in [-0.39, 0.29) is 63.5 Å². The lowest BCUT2D eigenvalue weighted by atomic mass is 10.1. The van der Waals surface area contributed by atoms with E-state index in [1.807, 2.05) is 0 Å². The lowest BCUT2D eigenvalue weighted by molar-refractivity contribution is -0.151. The molecule has 0 saturated carbocycles. The monoisotopic (exact) mass is 819 g/mol. The molecule has 0 heterocycles. The molecule has 11 heteroatoms. The number of hydrogen-bond donors (Lipinski definition) is 0. The van der Waals surface area contributed by atoms with Gasteiger partial charge in [0.05, 0.1) is 25.0 Å². The molecule has 0 radical (unpaired) electrons. The van der Waals surface area contributed by atoms with E-state index in [2.05, 4.69) is 27.7 Å². The molecule has 0 saturated heterocycles. The van der Waals surface area contributed by atoms with Gasteiger partial charge in [-0.15, -0.1) is 0 Å². The number of esters is 4. The van der Waals surface area contributed by atoms with Crippen molar-refractivity contribution in [3.05, 3.63) is 23.8 Å². The van der Waals surface area contributed by atoms with Crippen LogP contribution >= 0.6 is 0 Å². The van der Waals surface area contributed by atoms with Crippen LogP contribution in [0.4, 0.5) is 0 Å². The zero-order chi connectivity index (χ0) is 42.5. The molecule has 1 rings (SSSR count). The van der Waals surface area contributed by atoms with Crippen molar-refractivity contribution >= 4 is 30.2 Å². The highest BCUT2D eigenvalue weighted by Gasteiger charge is 2.19. The van der Waals surface area contributed by atoms with Crippen molar-refractivity contribution in [1.82, 2.24) is 0 Å². The molecule has 0 N–H and O–H groups in total. The minimum Gasteiger partial charge on any atom is -0.493 e. The largest absolute Gasteiger partial charge is 0.493 e. The number of ether oxygens (including phenoxy) is 6. The minimum atomic E-state index is -0.440. The smallest absolute Gasteiger partial charge is 0.305 e. The molecule has 0 aliphatic rings. The van der Waals surface area contributed by atoms with Crippen LogP contribution in [-0.4, -0.2) is 69.8 Å². The van der Waals surface area contributed by atoms with Crippen molar-refractivity contribution in [2.24, 2.45) is 11.8 Å². The van der Waals surface area contributed by atoms with Crippen LogP contribution in [0.3, 0.4) is 0 Å². The van der Waals surface area contributed by atoms with E-state index >= 15 is 0 Å². The quantitative estimate of drug-likeness (QED) is 0.0271. The SMILES string of the molecule is CCCCCCCC(=O)OCC(COC(=O)CCCCCCC)COc1cc(C=O)cc(OCC(COC(=O)CCCCCCC)COC(=O)CCCCCCC)c1. The van der Waals surface area contributed by atoms with Crippen molar-refractivity contribution in [1.29, 1.82) is 0 Å². The third-order valence-corrected chi connectivity index (χ3v) is 9.87. The van der Waals surface area contributed by atoms with Crippen LogP contribution in [0, 0.1) is 11.8 Å². The van der Waals surface area contributed by atoms with E-state index in [4.69, 9.17) is 28.4 Å². The summed E-state index contributed by atoms with van der Waals surface area (Å²) in [5, 5.41) is 0. The van der Waals surface area contributed by atoms with E-state index in [9.17, 15) is 24.0 Å². The fourth-order valence-corrected chi connectivity index (χ4v) is 6.17. The van der Waals surface area contributed by atoms with Gasteiger partial charge in [0.15, 0.2) is 0 Å². The van der Waals surface area contributed by atoms with Crippen LogP contribution in [0.1, 0.15) is 192 Å². The van der Waals surface area contributed by atoms with Crippen molar-refractivity contribution in [3.8, 4) is 11.5 Å². The standard InChI is InChI=1S/C47H78O11/c1-5-9-13-17-21-25-44(49)55-35-40(36-56-45(50)26-22-18-14-10-6-2)33-53-42-29-39(32-48)30-43(31-42)54-34-41(37-57-46(51)27-23-19-15-11-7-3)38-58-47(52)28-24-20-16-12-8-4/h29-32,40-41H,5-28,33-38H2,1-4H3. The number of aldehydes is 1. The molecule has 0 aromatic heterocycles. The van der Waals surface area contributed by atoms with Crippen molar-refractivity contribution in [2.45, 2.75) is 182 Å². The first-order valence-electron chi connectivity index (χ1n) is 22.7. The second kappa shape index (κ2) is 36.4. The molecule has 1 aromatic carbocycles. The number of benzene rings is 1. The van der Waals surface area contributed by atoms with Gasteiger partial charge in [0, 0.05) is 37.3 Å². The third kappa shape index (κ3) is 29.6. The van der Waals surface area contributed by atoms with E-state index in [0.29, 0.717) is 49.0 Å². The summed E-state index contributed by atoms with van der Waals surface area (Å²) in [7, 11) is 0. The Labute approximate surface area is 350 Å². The van der Waals surface area contributed by atoms with E-state index in [1.54, 1.807) is 18.2 Å². The summed E-state index contributed by atoms with van der Waals surface area (Å²) in [6.07, 6.45) is 22.3. The number of rotatable bonds is 39. The van der Waals surface area contributed by atoms with Crippen LogP contribution in [0.2, 0.25) is 0 Å². The van der Waals surface area contributed by atoms with Gasteiger partial charge in [0.2, 0.25) is 0 Å². The Bertz CT molecular complexity index is 1090. The van der Waals surface area contributed by atoms with Crippen LogP contribution in [-0.2, 0) is 38.1 Å². The average Bonchev–Trinajstić information content (AvgIpc) is 3.22. The summed E-state index contributed by atoms with van der Waals surface area (Å²) >= 11 is 0. The van der Waals surface area contributed by atoms with E-state index in [1.165, 1.54) is 0 Å². The molecule has 0 spiro atoms. The molecular weight excluding hydrogens is 741 g/mol. The molecule has 332 valence electrons. The average molecular weight is 819 g/mol. The van der Waals surface area contributed by atoms with Gasteiger partial charge in [0.1, 0.15) is 44.2 Å². The van der Waals surface area contributed by atoms with E-state index < -0.39 is 11.8 Å². The maximum Gasteiger partial charge on any atom is 0.305 e. The number of hydrogen-bond acceptors (Lipinski definition) is 11. The summed E-state index contributed by atoms with van der Waals surface area (Å²) in [5.74, 6) is -1.39. The second-order valence-corrected chi connectivity index (χ2v) is 15.6. The molecule has 0 atom stereocenters. The van der Waals surface area contributed by atoms with Crippen LogP contribution < -0.4 is 9.47 Å². The molecule has 0 aliphatic carbocycles. The summed E-state index contributed by atoms with van der Waals surface area (Å²) in [6, 6.07) is 4.78. The Morgan fingerprint density at radius 2 is 0.690 bits per heavy atom. The van der Waals surface area contributed by atoms with Crippen LogP contribution in [0.5, 0.6) is 11.5 Å². The zero-order valence-electron chi connectivity index (χ0n) is 36.7. The third-order valence-electron chi connectivity index (χ3n) is 9.87. The lowest BCUT2D eigenvalue weighted by Crippen LogP contribution is -2.26.